The lowest BCUT2D eigenvalue weighted by Gasteiger charge is -2.05. The quantitative estimate of drug-likeness (QED) is 0.544. The van der Waals surface area contributed by atoms with Gasteiger partial charge in [0.25, 0.3) is 11.8 Å². The third-order valence-electron chi connectivity index (χ3n) is 2.99. The second kappa shape index (κ2) is 6.66. The van der Waals surface area contributed by atoms with Gasteiger partial charge in [0.05, 0.1) is 21.1 Å². The Labute approximate surface area is 149 Å². The van der Waals surface area contributed by atoms with Crippen molar-refractivity contribution in [1.29, 1.82) is 0 Å². The minimum atomic E-state index is -0.675. The number of ether oxygens (including phenoxy) is 1. The number of aromatic nitrogens is 2. The van der Waals surface area contributed by atoms with Crippen molar-refractivity contribution in [2.45, 2.75) is 6.92 Å². The van der Waals surface area contributed by atoms with E-state index in [1.165, 1.54) is 11.8 Å². The van der Waals surface area contributed by atoms with Crippen LogP contribution in [-0.2, 0) is 11.8 Å². The van der Waals surface area contributed by atoms with E-state index in [2.05, 4.69) is 10.4 Å². The molecule has 0 fully saturated rings. The number of hydrogen-bond donors (Lipinski definition) is 2. The molecule has 0 aliphatic carbocycles. The normalized spacial score (nSPS) is 10.4. The molecular formula is C13H13IN4O4S. The van der Waals surface area contributed by atoms with Gasteiger partial charge in [-0.25, -0.2) is 4.79 Å². The van der Waals surface area contributed by atoms with Crippen LogP contribution in [0.1, 0.15) is 36.1 Å². The molecule has 0 bridgehead atoms. The fraction of sp³-hybridized carbons (Fsp3) is 0.231. The van der Waals surface area contributed by atoms with Gasteiger partial charge < -0.3 is 15.8 Å². The number of halogens is 1. The maximum Gasteiger partial charge on any atom is 0.341 e. The molecule has 2 aromatic heterocycles. The van der Waals surface area contributed by atoms with E-state index in [9.17, 15) is 14.4 Å². The fourth-order valence-electron chi connectivity index (χ4n) is 1.96. The molecule has 2 rings (SSSR count). The number of rotatable bonds is 4. The van der Waals surface area contributed by atoms with Gasteiger partial charge >= 0.3 is 5.97 Å². The fourth-order valence-corrected chi connectivity index (χ4v) is 3.76. The molecule has 0 saturated carbocycles. The maximum atomic E-state index is 12.3. The SMILES string of the molecule is COC(=O)c1c(NC(=O)c2nn(C)cc2I)sc(C(N)=O)c1C. The van der Waals surface area contributed by atoms with Crippen LogP contribution in [0.2, 0.25) is 0 Å². The lowest BCUT2D eigenvalue weighted by Crippen LogP contribution is -2.16. The molecule has 10 heteroatoms. The summed E-state index contributed by atoms with van der Waals surface area (Å²) in [6.45, 7) is 1.57. The summed E-state index contributed by atoms with van der Waals surface area (Å²) in [4.78, 5) is 35.9. The molecule has 0 atom stereocenters. The van der Waals surface area contributed by atoms with Crippen LogP contribution in [0, 0.1) is 10.5 Å². The molecule has 23 heavy (non-hydrogen) atoms. The number of nitrogens with one attached hydrogen (secondary N) is 1. The minimum absolute atomic E-state index is 0.116. The molecule has 3 N–H and O–H groups in total. The first-order valence-electron chi connectivity index (χ1n) is 6.28. The Balaban J connectivity index is 2.44. The highest BCUT2D eigenvalue weighted by Gasteiger charge is 2.26. The summed E-state index contributed by atoms with van der Waals surface area (Å²) in [6.07, 6.45) is 1.69. The van der Waals surface area contributed by atoms with Gasteiger partial charge in [-0.2, -0.15) is 5.10 Å². The molecule has 0 unspecified atom stereocenters. The maximum absolute atomic E-state index is 12.3. The molecule has 0 aromatic carbocycles. The lowest BCUT2D eigenvalue weighted by atomic mass is 10.1. The number of thiophene rings is 1. The Hall–Kier alpha value is -1.95. The Kier molecular flexibility index (Phi) is 5.04. The van der Waals surface area contributed by atoms with E-state index in [4.69, 9.17) is 10.5 Å². The number of primary amides is 1. The van der Waals surface area contributed by atoms with Crippen LogP contribution >= 0.6 is 33.9 Å². The zero-order valence-electron chi connectivity index (χ0n) is 12.5. The summed E-state index contributed by atoms with van der Waals surface area (Å²) in [5.41, 5.74) is 6.01. The molecule has 0 radical (unpaired) electrons. The second-order valence-electron chi connectivity index (χ2n) is 4.57. The first-order chi connectivity index (χ1) is 10.8. The van der Waals surface area contributed by atoms with Crippen molar-refractivity contribution in [2.75, 3.05) is 12.4 Å². The van der Waals surface area contributed by atoms with Gasteiger partial charge in [0.2, 0.25) is 0 Å². The number of anilines is 1. The number of hydrogen-bond acceptors (Lipinski definition) is 6. The number of nitrogens with two attached hydrogens (primary N) is 1. The number of esters is 1. The molecule has 2 heterocycles. The van der Waals surface area contributed by atoms with Gasteiger partial charge in [-0.3, -0.25) is 14.3 Å². The lowest BCUT2D eigenvalue weighted by molar-refractivity contribution is 0.0601. The van der Waals surface area contributed by atoms with E-state index in [-0.39, 0.29) is 21.1 Å². The number of carbonyl (C=O) groups is 3. The first kappa shape index (κ1) is 17.4. The second-order valence-corrected chi connectivity index (χ2v) is 6.75. The summed E-state index contributed by atoms with van der Waals surface area (Å²) < 4.78 is 6.87. The Morgan fingerprint density at radius 2 is 2.09 bits per heavy atom. The molecule has 0 saturated heterocycles. The molecular weight excluding hydrogens is 435 g/mol. The predicted octanol–water partition coefficient (Wildman–Crippen LogP) is 1.53. The van der Waals surface area contributed by atoms with Crippen LogP contribution in [0.5, 0.6) is 0 Å². The standard InChI is InChI=1S/C13H13IN4O4S/c1-5-7(13(21)22-3)12(23-9(5)10(15)19)16-11(20)8-6(14)4-18(2)17-8/h4H,1-3H3,(H2,15,19)(H,16,20). The van der Waals surface area contributed by atoms with Crippen LogP contribution in [-0.4, -0.2) is 34.7 Å². The Bertz CT molecular complexity index is 811. The number of aryl methyl sites for hydroxylation is 1. The number of carbonyl (C=O) groups excluding carboxylic acids is 3. The molecule has 0 aliphatic heterocycles. The van der Waals surface area contributed by atoms with E-state index in [0.29, 0.717) is 9.13 Å². The van der Waals surface area contributed by atoms with Gasteiger partial charge in [0.1, 0.15) is 5.00 Å². The monoisotopic (exact) mass is 448 g/mol. The van der Waals surface area contributed by atoms with Crippen molar-refractivity contribution in [2.24, 2.45) is 12.8 Å². The van der Waals surface area contributed by atoms with Crippen molar-refractivity contribution in [3.05, 3.63) is 31.5 Å². The largest absolute Gasteiger partial charge is 0.465 e. The van der Waals surface area contributed by atoms with Crippen LogP contribution in [0.15, 0.2) is 6.20 Å². The van der Waals surface area contributed by atoms with Crippen molar-refractivity contribution < 1.29 is 19.1 Å². The third kappa shape index (κ3) is 3.37. The highest BCUT2D eigenvalue weighted by Crippen LogP contribution is 2.33. The van der Waals surface area contributed by atoms with Gasteiger partial charge in [-0.05, 0) is 35.1 Å². The Morgan fingerprint density at radius 3 is 2.57 bits per heavy atom. The zero-order valence-corrected chi connectivity index (χ0v) is 15.4. The number of nitrogens with zero attached hydrogens (tertiary/aromatic N) is 2. The summed E-state index contributed by atoms with van der Waals surface area (Å²) in [7, 11) is 2.91. The van der Waals surface area contributed by atoms with Gasteiger partial charge in [0, 0.05) is 13.2 Å². The van der Waals surface area contributed by atoms with Crippen molar-refractivity contribution in [3.63, 3.8) is 0 Å². The van der Waals surface area contributed by atoms with Crippen LogP contribution in [0.3, 0.4) is 0 Å². The van der Waals surface area contributed by atoms with E-state index >= 15 is 0 Å². The van der Waals surface area contributed by atoms with Crippen LogP contribution in [0.4, 0.5) is 5.00 Å². The van der Waals surface area contributed by atoms with Crippen molar-refractivity contribution >= 4 is 56.7 Å². The van der Waals surface area contributed by atoms with Crippen LogP contribution in [0.25, 0.3) is 0 Å². The third-order valence-corrected chi connectivity index (χ3v) is 5.00. The highest BCUT2D eigenvalue weighted by molar-refractivity contribution is 14.1. The smallest absolute Gasteiger partial charge is 0.341 e. The van der Waals surface area contributed by atoms with E-state index in [1.54, 1.807) is 20.2 Å². The number of amides is 2. The van der Waals surface area contributed by atoms with Crippen LogP contribution < -0.4 is 11.1 Å². The topological polar surface area (TPSA) is 116 Å². The summed E-state index contributed by atoms with van der Waals surface area (Å²) in [5, 5.41) is 6.87. The highest BCUT2D eigenvalue weighted by atomic mass is 127. The zero-order chi connectivity index (χ0) is 17.3. The molecule has 0 aliphatic rings. The summed E-state index contributed by atoms with van der Waals surface area (Å²) >= 11 is 2.91. The Morgan fingerprint density at radius 1 is 1.43 bits per heavy atom. The predicted molar refractivity (Wildman–Crippen MR) is 92.8 cm³/mol. The molecule has 8 nitrogen and oxygen atoms in total. The molecule has 122 valence electrons. The van der Waals surface area contributed by atoms with Crippen molar-refractivity contribution in [1.82, 2.24) is 9.78 Å². The summed E-state index contributed by atoms with van der Waals surface area (Å²) in [5.74, 6) is -1.82. The molecule has 0 spiro atoms. The van der Waals surface area contributed by atoms with E-state index in [1.807, 2.05) is 22.6 Å². The molecule has 2 amide bonds. The van der Waals surface area contributed by atoms with E-state index in [0.717, 1.165) is 11.3 Å². The summed E-state index contributed by atoms with van der Waals surface area (Å²) in [6, 6.07) is 0. The average Bonchev–Trinajstić information content (AvgIpc) is 2.98. The van der Waals surface area contributed by atoms with Gasteiger partial charge in [-0.1, -0.05) is 0 Å². The van der Waals surface area contributed by atoms with Crippen molar-refractivity contribution in [3.8, 4) is 0 Å². The first-order valence-corrected chi connectivity index (χ1v) is 8.17. The molecule has 2 aromatic rings. The van der Waals surface area contributed by atoms with E-state index < -0.39 is 17.8 Å². The van der Waals surface area contributed by atoms with Gasteiger partial charge in [-0.15, -0.1) is 11.3 Å². The average molecular weight is 448 g/mol. The minimum Gasteiger partial charge on any atom is -0.465 e. The number of methoxy groups -OCH3 is 1. The van der Waals surface area contributed by atoms with Gasteiger partial charge in [0.15, 0.2) is 5.69 Å².